The maximum atomic E-state index is 12.0. The van der Waals surface area contributed by atoms with E-state index in [-0.39, 0.29) is 0 Å². The molecule has 2 aromatic heterocycles. The van der Waals surface area contributed by atoms with Crippen molar-refractivity contribution < 1.29 is 9.90 Å². The Morgan fingerprint density at radius 2 is 2.16 bits per heavy atom. The summed E-state index contributed by atoms with van der Waals surface area (Å²) in [6, 6.07) is 9.57. The number of aromatic carboxylic acids is 1. The zero-order chi connectivity index (χ0) is 17.4. The highest BCUT2D eigenvalue weighted by Gasteiger charge is 2.27. The van der Waals surface area contributed by atoms with Crippen LogP contribution in [-0.4, -0.2) is 34.0 Å². The first kappa shape index (κ1) is 16.0. The zero-order valence-electron chi connectivity index (χ0n) is 13.9. The summed E-state index contributed by atoms with van der Waals surface area (Å²) < 4.78 is 0. The van der Waals surface area contributed by atoms with Crippen LogP contribution in [0.4, 0.5) is 0 Å². The van der Waals surface area contributed by atoms with Gasteiger partial charge in [0.2, 0.25) is 0 Å². The fourth-order valence-corrected chi connectivity index (χ4v) is 4.02. The first-order valence-corrected chi connectivity index (χ1v) is 9.22. The number of pyridine rings is 1. The molecule has 0 bridgehead atoms. The van der Waals surface area contributed by atoms with Gasteiger partial charge in [0.05, 0.1) is 16.8 Å². The highest BCUT2D eigenvalue weighted by Crippen LogP contribution is 2.34. The summed E-state index contributed by atoms with van der Waals surface area (Å²) >= 11 is 1.65. The number of carboxylic acids is 1. The van der Waals surface area contributed by atoms with Crippen LogP contribution >= 0.6 is 11.3 Å². The summed E-state index contributed by atoms with van der Waals surface area (Å²) in [7, 11) is 0. The van der Waals surface area contributed by atoms with Crippen molar-refractivity contribution in [1.82, 2.24) is 9.88 Å². The standard InChI is InChI=1S/C20H18N2O2S/c1-2-22-10-14(9-13-7-8-25-12-13)19-16(11-22)18(20(23)24)15-5-3-4-6-17(15)21-19/h3-9,12H,2,10-11H2,1H3,(H,23,24)/b14-9+. The second-order valence-corrected chi connectivity index (χ2v) is 6.95. The molecule has 0 saturated carbocycles. The fourth-order valence-electron chi connectivity index (χ4n) is 3.41. The molecule has 1 aliphatic heterocycles. The number of carboxylic acid groups (broad SMARTS) is 1. The van der Waals surface area contributed by atoms with Crippen LogP contribution in [0.1, 0.15) is 34.1 Å². The average molecular weight is 350 g/mol. The number of hydrogen-bond donors (Lipinski definition) is 1. The first-order chi connectivity index (χ1) is 12.2. The molecule has 0 spiro atoms. The molecule has 0 atom stereocenters. The number of fused-ring (bicyclic) bond motifs is 2. The molecule has 4 rings (SSSR count). The molecule has 0 radical (unpaired) electrons. The van der Waals surface area contributed by atoms with Gasteiger partial charge in [-0.15, -0.1) is 0 Å². The second kappa shape index (κ2) is 6.43. The normalized spacial score (nSPS) is 16.3. The average Bonchev–Trinajstić information content (AvgIpc) is 3.12. The molecule has 5 heteroatoms. The van der Waals surface area contributed by atoms with Gasteiger partial charge in [0, 0.05) is 24.0 Å². The number of para-hydroxylation sites is 1. The van der Waals surface area contributed by atoms with Crippen LogP contribution in [-0.2, 0) is 6.54 Å². The van der Waals surface area contributed by atoms with E-state index >= 15 is 0 Å². The number of aromatic nitrogens is 1. The minimum absolute atomic E-state index is 0.384. The van der Waals surface area contributed by atoms with E-state index in [0.717, 1.165) is 41.0 Å². The third kappa shape index (κ3) is 2.86. The maximum Gasteiger partial charge on any atom is 0.336 e. The van der Waals surface area contributed by atoms with Gasteiger partial charge < -0.3 is 5.11 Å². The number of thiophene rings is 1. The zero-order valence-corrected chi connectivity index (χ0v) is 14.7. The van der Waals surface area contributed by atoms with Crippen LogP contribution in [0.5, 0.6) is 0 Å². The van der Waals surface area contributed by atoms with Crippen molar-refractivity contribution in [2.75, 3.05) is 13.1 Å². The van der Waals surface area contributed by atoms with Gasteiger partial charge >= 0.3 is 5.97 Å². The van der Waals surface area contributed by atoms with Crippen LogP contribution in [0.2, 0.25) is 0 Å². The molecule has 1 aromatic carbocycles. The molecule has 4 nitrogen and oxygen atoms in total. The van der Waals surface area contributed by atoms with E-state index in [0.29, 0.717) is 17.5 Å². The van der Waals surface area contributed by atoms with Gasteiger partial charge in [-0.1, -0.05) is 25.1 Å². The third-order valence-electron chi connectivity index (χ3n) is 4.62. The van der Waals surface area contributed by atoms with E-state index < -0.39 is 5.97 Å². The summed E-state index contributed by atoms with van der Waals surface area (Å²) in [5.74, 6) is -0.886. The van der Waals surface area contributed by atoms with Crippen LogP contribution < -0.4 is 0 Å². The van der Waals surface area contributed by atoms with Gasteiger partial charge in [-0.25, -0.2) is 9.78 Å². The molecule has 0 amide bonds. The first-order valence-electron chi connectivity index (χ1n) is 8.27. The monoisotopic (exact) mass is 350 g/mol. The van der Waals surface area contributed by atoms with E-state index in [1.807, 2.05) is 29.6 Å². The Morgan fingerprint density at radius 1 is 1.32 bits per heavy atom. The predicted octanol–water partition coefficient (Wildman–Crippen LogP) is 4.37. The van der Waals surface area contributed by atoms with E-state index in [1.165, 1.54) is 0 Å². The lowest BCUT2D eigenvalue weighted by atomic mass is 9.92. The Balaban J connectivity index is 2.01. The number of nitrogens with zero attached hydrogens (tertiary/aromatic N) is 2. The molecular formula is C20H18N2O2S. The molecule has 3 heterocycles. The molecule has 0 aliphatic carbocycles. The summed E-state index contributed by atoms with van der Waals surface area (Å²) in [5.41, 5.74) is 4.98. The smallest absolute Gasteiger partial charge is 0.336 e. The molecule has 25 heavy (non-hydrogen) atoms. The molecule has 0 saturated heterocycles. The lowest BCUT2D eigenvalue weighted by molar-refractivity contribution is 0.0696. The Labute approximate surface area is 150 Å². The van der Waals surface area contributed by atoms with Crippen molar-refractivity contribution in [3.05, 3.63) is 63.5 Å². The fraction of sp³-hybridized carbons (Fsp3) is 0.200. The summed E-state index contributed by atoms with van der Waals surface area (Å²) in [6.07, 6.45) is 2.13. The second-order valence-electron chi connectivity index (χ2n) is 6.17. The van der Waals surface area contributed by atoms with Crippen LogP contribution in [0.25, 0.3) is 22.6 Å². The Kier molecular flexibility index (Phi) is 4.11. The number of hydrogen-bond acceptors (Lipinski definition) is 4. The van der Waals surface area contributed by atoms with Crippen molar-refractivity contribution in [3.8, 4) is 0 Å². The largest absolute Gasteiger partial charge is 0.478 e. The number of carbonyl (C=O) groups is 1. The topological polar surface area (TPSA) is 53.4 Å². The number of likely N-dealkylation sites (N-methyl/N-ethyl adjacent to an activating group) is 1. The van der Waals surface area contributed by atoms with Crippen molar-refractivity contribution in [1.29, 1.82) is 0 Å². The molecule has 0 fully saturated rings. The lowest BCUT2D eigenvalue weighted by Gasteiger charge is -2.30. The number of rotatable bonds is 3. The van der Waals surface area contributed by atoms with Gasteiger partial charge in [-0.2, -0.15) is 11.3 Å². The maximum absolute atomic E-state index is 12.0. The Morgan fingerprint density at radius 3 is 2.88 bits per heavy atom. The third-order valence-corrected chi connectivity index (χ3v) is 5.32. The van der Waals surface area contributed by atoms with Crippen molar-refractivity contribution in [3.63, 3.8) is 0 Å². The minimum Gasteiger partial charge on any atom is -0.478 e. The highest BCUT2D eigenvalue weighted by molar-refractivity contribution is 7.08. The molecule has 3 aromatic rings. The van der Waals surface area contributed by atoms with E-state index in [2.05, 4.69) is 29.3 Å². The van der Waals surface area contributed by atoms with Gasteiger partial charge in [0.1, 0.15) is 0 Å². The van der Waals surface area contributed by atoms with Crippen molar-refractivity contribution in [2.45, 2.75) is 13.5 Å². The summed E-state index contributed by atoms with van der Waals surface area (Å²) in [6.45, 7) is 4.37. The lowest BCUT2D eigenvalue weighted by Crippen LogP contribution is -2.31. The highest BCUT2D eigenvalue weighted by atomic mass is 32.1. The van der Waals surface area contributed by atoms with Crippen molar-refractivity contribution in [2.24, 2.45) is 0 Å². The van der Waals surface area contributed by atoms with E-state index in [1.54, 1.807) is 11.3 Å². The quantitative estimate of drug-likeness (QED) is 0.762. The molecule has 126 valence electrons. The number of benzene rings is 1. The minimum atomic E-state index is -0.886. The Bertz CT molecular complexity index is 977. The van der Waals surface area contributed by atoms with Gasteiger partial charge in [-0.3, -0.25) is 4.90 Å². The molecule has 1 aliphatic rings. The molecule has 0 unspecified atom stereocenters. The summed E-state index contributed by atoms with van der Waals surface area (Å²) in [4.78, 5) is 19.1. The van der Waals surface area contributed by atoms with E-state index in [9.17, 15) is 9.90 Å². The van der Waals surface area contributed by atoms with Crippen LogP contribution in [0.15, 0.2) is 41.1 Å². The Hall–Kier alpha value is -2.50. The molecular weight excluding hydrogens is 332 g/mol. The van der Waals surface area contributed by atoms with Gasteiger partial charge in [0.15, 0.2) is 0 Å². The van der Waals surface area contributed by atoms with Gasteiger partial charge in [0.25, 0.3) is 0 Å². The van der Waals surface area contributed by atoms with E-state index in [4.69, 9.17) is 4.98 Å². The SMILES string of the molecule is CCN1C/C(=C\c2ccsc2)c2nc3ccccc3c(C(=O)O)c2C1. The van der Waals surface area contributed by atoms with Crippen LogP contribution in [0, 0.1) is 0 Å². The predicted molar refractivity (Wildman–Crippen MR) is 102 cm³/mol. The molecule has 1 N–H and O–H groups in total. The van der Waals surface area contributed by atoms with Gasteiger partial charge in [-0.05, 0) is 46.7 Å². The van der Waals surface area contributed by atoms with Crippen molar-refractivity contribution >= 4 is 39.9 Å². The summed E-state index contributed by atoms with van der Waals surface area (Å²) in [5, 5.41) is 14.7. The van der Waals surface area contributed by atoms with Crippen LogP contribution in [0.3, 0.4) is 0 Å².